The third-order valence-electron chi connectivity index (χ3n) is 6.58. The third kappa shape index (κ3) is 3.53. The Labute approximate surface area is 167 Å². The third-order valence-corrected chi connectivity index (χ3v) is 7.28. The molecule has 0 amide bonds. The zero-order valence-corrected chi connectivity index (χ0v) is 16.5. The molecule has 2 aromatic rings. The molecule has 4 heterocycles. The number of alkyl halides is 2. The highest BCUT2D eigenvalue weighted by Crippen LogP contribution is 2.44. The maximum Gasteiger partial charge on any atom is 0.251 e. The van der Waals surface area contributed by atoms with Crippen LogP contribution in [0.5, 0.6) is 0 Å². The van der Waals surface area contributed by atoms with Crippen LogP contribution in [0.4, 0.5) is 14.6 Å². The van der Waals surface area contributed by atoms with Crippen molar-refractivity contribution in [2.24, 2.45) is 5.92 Å². The molecule has 2 aliphatic heterocycles. The number of thiophene rings is 1. The Hall–Kier alpha value is -1.64. The number of hydrogen-bond donors (Lipinski definition) is 2. The Balaban J connectivity index is 1.33. The van der Waals surface area contributed by atoms with Crippen LogP contribution in [0.15, 0.2) is 29.2 Å². The van der Waals surface area contributed by atoms with Gasteiger partial charge in [-0.3, -0.25) is 5.43 Å². The Bertz CT molecular complexity index is 805. The Morgan fingerprint density at radius 3 is 2.79 bits per heavy atom. The van der Waals surface area contributed by atoms with Gasteiger partial charge in [0.2, 0.25) is 0 Å². The lowest BCUT2D eigenvalue weighted by Gasteiger charge is -2.34. The fourth-order valence-electron chi connectivity index (χ4n) is 4.93. The molecule has 3 fully saturated rings. The van der Waals surface area contributed by atoms with E-state index in [0.29, 0.717) is 31.0 Å². The minimum Gasteiger partial charge on any atom is -0.356 e. The maximum absolute atomic E-state index is 13.5. The molecular formula is C20H25F2N5S. The summed E-state index contributed by atoms with van der Waals surface area (Å²) in [5, 5.41) is 4.42. The fraction of sp³-hybridized carbons (Fsp3) is 0.600. The van der Waals surface area contributed by atoms with Crippen molar-refractivity contribution in [3.05, 3.63) is 40.5 Å². The molecule has 150 valence electrons. The first-order chi connectivity index (χ1) is 13.6. The summed E-state index contributed by atoms with van der Waals surface area (Å²) in [6, 6.07) is 4.81. The Morgan fingerprint density at radius 1 is 1.14 bits per heavy atom. The minimum absolute atomic E-state index is 0.109. The van der Waals surface area contributed by atoms with Crippen LogP contribution in [-0.4, -0.2) is 35.0 Å². The molecular weight excluding hydrogens is 380 g/mol. The quantitative estimate of drug-likeness (QED) is 0.812. The van der Waals surface area contributed by atoms with E-state index in [1.165, 1.54) is 12.0 Å². The number of halogens is 2. The normalized spacial score (nSPS) is 32.3. The van der Waals surface area contributed by atoms with Gasteiger partial charge in [0.1, 0.15) is 12.1 Å². The molecule has 3 aliphatic rings. The van der Waals surface area contributed by atoms with Gasteiger partial charge in [0.15, 0.2) is 0 Å². The summed E-state index contributed by atoms with van der Waals surface area (Å²) in [5.41, 5.74) is 9.31. The second kappa shape index (κ2) is 7.31. The fourth-order valence-corrected chi connectivity index (χ4v) is 5.67. The first-order valence-corrected chi connectivity index (χ1v) is 11.0. The maximum atomic E-state index is 13.5. The van der Waals surface area contributed by atoms with Crippen LogP contribution >= 0.6 is 11.3 Å². The van der Waals surface area contributed by atoms with Crippen LogP contribution in [0.25, 0.3) is 0 Å². The van der Waals surface area contributed by atoms with Crippen LogP contribution in [0.3, 0.4) is 0 Å². The molecule has 1 aliphatic carbocycles. The van der Waals surface area contributed by atoms with E-state index in [0.717, 1.165) is 24.4 Å². The number of piperidine rings is 1. The van der Waals surface area contributed by atoms with E-state index in [-0.39, 0.29) is 18.9 Å². The largest absolute Gasteiger partial charge is 0.356 e. The topological polar surface area (TPSA) is 53.1 Å². The lowest BCUT2D eigenvalue weighted by molar-refractivity contribution is -0.0221. The van der Waals surface area contributed by atoms with Crippen molar-refractivity contribution in [2.75, 3.05) is 18.0 Å². The summed E-state index contributed by atoms with van der Waals surface area (Å²) in [5.74, 6) is -0.722. The van der Waals surface area contributed by atoms with E-state index in [2.05, 4.69) is 37.6 Å². The molecule has 0 aromatic carbocycles. The van der Waals surface area contributed by atoms with Crippen LogP contribution in [0.1, 0.15) is 55.3 Å². The second-order valence-electron chi connectivity index (χ2n) is 8.25. The van der Waals surface area contributed by atoms with Crippen molar-refractivity contribution in [3.8, 4) is 0 Å². The Kier molecular flexibility index (Phi) is 4.80. The lowest BCUT2D eigenvalue weighted by atomic mass is 9.73. The van der Waals surface area contributed by atoms with E-state index in [4.69, 9.17) is 0 Å². The number of hydrogen-bond acceptors (Lipinski definition) is 6. The van der Waals surface area contributed by atoms with Crippen molar-refractivity contribution in [1.82, 2.24) is 20.8 Å². The molecule has 0 radical (unpaired) electrons. The number of hydrazine groups is 1. The summed E-state index contributed by atoms with van der Waals surface area (Å²) in [7, 11) is 0. The van der Waals surface area contributed by atoms with Crippen molar-refractivity contribution < 1.29 is 8.78 Å². The van der Waals surface area contributed by atoms with Gasteiger partial charge in [-0.2, -0.15) is 11.3 Å². The second-order valence-corrected chi connectivity index (χ2v) is 9.03. The van der Waals surface area contributed by atoms with E-state index >= 15 is 0 Å². The van der Waals surface area contributed by atoms with E-state index in [1.807, 2.05) is 11.0 Å². The number of aromatic nitrogens is 2. The predicted octanol–water partition coefficient (Wildman–Crippen LogP) is 3.88. The van der Waals surface area contributed by atoms with Crippen molar-refractivity contribution in [2.45, 2.75) is 56.0 Å². The molecule has 2 aromatic heterocycles. The molecule has 1 saturated carbocycles. The molecule has 4 unspecified atom stereocenters. The number of anilines is 1. The summed E-state index contributed by atoms with van der Waals surface area (Å²) >= 11 is 1.76. The molecule has 28 heavy (non-hydrogen) atoms. The van der Waals surface area contributed by atoms with Gasteiger partial charge in [-0.15, -0.1) is 0 Å². The average Bonchev–Trinajstić information content (AvgIpc) is 3.37. The van der Waals surface area contributed by atoms with Gasteiger partial charge in [0.05, 0.1) is 11.7 Å². The van der Waals surface area contributed by atoms with E-state index in [1.54, 1.807) is 17.7 Å². The molecule has 5 rings (SSSR count). The summed E-state index contributed by atoms with van der Waals surface area (Å²) < 4.78 is 27.0. The summed E-state index contributed by atoms with van der Waals surface area (Å²) in [6.07, 6.45) is 4.84. The molecule has 8 heteroatoms. The molecule has 0 spiro atoms. The van der Waals surface area contributed by atoms with Gasteiger partial charge in [-0.25, -0.2) is 24.2 Å². The van der Waals surface area contributed by atoms with Gasteiger partial charge in [-0.1, -0.05) is 0 Å². The summed E-state index contributed by atoms with van der Waals surface area (Å²) in [4.78, 5) is 10.9. The van der Waals surface area contributed by atoms with Crippen LogP contribution in [-0.2, 0) is 0 Å². The van der Waals surface area contributed by atoms with Crippen LogP contribution in [0.2, 0.25) is 0 Å². The number of fused-ring (bicyclic) bond motifs is 1. The smallest absolute Gasteiger partial charge is 0.251 e. The first-order valence-electron chi connectivity index (χ1n) is 10.1. The van der Waals surface area contributed by atoms with Crippen LogP contribution < -0.4 is 15.8 Å². The molecule has 5 nitrogen and oxygen atoms in total. The standard InChI is InChI=1S/C20H25F2N5S/c21-20(22)4-6-27(7-5-20)18-10-17(23-12-24-18)19-15-9-13(14-3-8-28-11-14)1-2-16(15)25-26-19/h3,8,10-13,15-16,19,25-26H,1-2,4-7,9H2. The highest BCUT2D eigenvalue weighted by atomic mass is 32.1. The highest BCUT2D eigenvalue weighted by molar-refractivity contribution is 7.07. The van der Waals surface area contributed by atoms with Crippen molar-refractivity contribution >= 4 is 17.2 Å². The molecule has 2 saturated heterocycles. The molecule has 4 atom stereocenters. The molecule has 2 N–H and O–H groups in total. The SMILES string of the molecule is FC1(F)CCN(c2cc(C3NNC4CCC(c5ccsc5)CC43)ncn2)CC1. The number of nitrogens with one attached hydrogen (secondary N) is 2. The predicted molar refractivity (Wildman–Crippen MR) is 106 cm³/mol. The number of rotatable bonds is 3. The van der Waals surface area contributed by atoms with Gasteiger partial charge in [-0.05, 0) is 53.5 Å². The van der Waals surface area contributed by atoms with Crippen LogP contribution in [0, 0.1) is 5.92 Å². The van der Waals surface area contributed by atoms with E-state index < -0.39 is 5.92 Å². The van der Waals surface area contributed by atoms with Gasteiger partial charge < -0.3 is 4.90 Å². The zero-order valence-electron chi connectivity index (χ0n) is 15.7. The van der Waals surface area contributed by atoms with Crippen molar-refractivity contribution in [3.63, 3.8) is 0 Å². The van der Waals surface area contributed by atoms with Gasteiger partial charge >= 0.3 is 0 Å². The average molecular weight is 406 g/mol. The van der Waals surface area contributed by atoms with E-state index in [9.17, 15) is 8.78 Å². The minimum atomic E-state index is -2.55. The monoisotopic (exact) mass is 405 g/mol. The lowest BCUT2D eigenvalue weighted by Crippen LogP contribution is -2.40. The first kappa shape index (κ1) is 18.4. The van der Waals surface area contributed by atoms with Gasteiger partial charge in [0, 0.05) is 38.0 Å². The molecule has 0 bridgehead atoms. The summed E-state index contributed by atoms with van der Waals surface area (Å²) in [6.45, 7) is 0.679. The Morgan fingerprint density at radius 2 is 2.00 bits per heavy atom. The van der Waals surface area contributed by atoms with Crippen molar-refractivity contribution in [1.29, 1.82) is 0 Å². The van der Waals surface area contributed by atoms with Gasteiger partial charge in [0.25, 0.3) is 5.92 Å². The highest BCUT2D eigenvalue weighted by Gasteiger charge is 2.42. The zero-order chi connectivity index (χ0) is 19.1. The number of nitrogens with zero attached hydrogens (tertiary/aromatic N) is 3.